The molecule has 1 saturated carbocycles. The molecular weight excluding hydrogens is 348 g/mol. The number of anilines is 1. The number of carbonyl (C=O) groups excluding carboxylic acids is 1. The van der Waals surface area contributed by atoms with Crippen LogP contribution in [-0.2, 0) is 11.3 Å². The lowest BCUT2D eigenvalue weighted by Crippen LogP contribution is -2.51. The number of carbonyl (C=O) groups is 1. The van der Waals surface area contributed by atoms with E-state index in [2.05, 4.69) is 5.10 Å². The molecule has 0 bridgehead atoms. The van der Waals surface area contributed by atoms with Gasteiger partial charge in [0.1, 0.15) is 17.9 Å². The van der Waals surface area contributed by atoms with Gasteiger partial charge in [0.05, 0.1) is 4.88 Å². The Labute approximate surface area is 156 Å². The molecule has 2 fully saturated rings. The van der Waals surface area contributed by atoms with Crippen LogP contribution in [0.3, 0.4) is 0 Å². The second-order valence-corrected chi connectivity index (χ2v) is 8.21. The van der Waals surface area contributed by atoms with Gasteiger partial charge in [-0.25, -0.2) is 4.68 Å². The molecule has 1 saturated heterocycles. The van der Waals surface area contributed by atoms with E-state index < -0.39 is 5.56 Å². The third kappa shape index (κ3) is 3.28. The quantitative estimate of drug-likeness (QED) is 0.898. The summed E-state index contributed by atoms with van der Waals surface area (Å²) in [4.78, 5) is 28.3. The fourth-order valence-electron chi connectivity index (χ4n) is 4.37. The molecule has 2 N–H and O–H groups in total. The van der Waals surface area contributed by atoms with Gasteiger partial charge in [0.15, 0.2) is 0 Å². The van der Waals surface area contributed by atoms with Gasteiger partial charge in [0, 0.05) is 12.6 Å². The highest BCUT2D eigenvalue weighted by Crippen LogP contribution is 2.35. The van der Waals surface area contributed by atoms with E-state index in [0.717, 1.165) is 24.3 Å². The standard InChI is InChI=1S/C19H24N4O2S/c20-14-11-15(17-8-4-10-26-17)21-23(19(14)25)12-18(24)22-9-3-6-13-5-1-2-7-16(13)22/h4,8,10-11,13,16H,1-3,5-7,9,12,20H2. The lowest BCUT2D eigenvalue weighted by atomic mass is 9.78. The molecule has 1 aliphatic carbocycles. The molecule has 138 valence electrons. The number of rotatable bonds is 3. The van der Waals surface area contributed by atoms with Crippen molar-refractivity contribution in [3.8, 4) is 10.6 Å². The van der Waals surface area contributed by atoms with Crippen LogP contribution in [0.1, 0.15) is 38.5 Å². The summed E-state index contributed by atoms with van der Waals surface area (Å²) >= 11 is 1.53. The molecule has 3 heterocycles. The van der Waals surface area contributed by atoms with Crippen LogP contribution < -0.4 is 11.3 Å². The maximum Gasteiger partial charge on any atom is 0.290 e. The Morgan fingerprint density at radius 3 is 2.88 bits per heavy atom. The summed E-state index contributed by atoms with van der Waals surface area (Å²) in [6.45, 7) is 0.750. The highest BCUT2D eigenvalue weighted by atomic mass is 32.1. The predicted molar refractivity (Wildman–Crippen MR) is 103 cm³/mol. The van der Waals surface area contributed by atoms with Gasteiger partial charge < -0.3 is 10.6 Å². The number of aromatic nitrogens is 2. The molecule has 1 aliphatic heterocycles. The van der Waals surface area contributed by atoms with Gasteiger partial charge in [-0.3, -0.25) is 9.59 Å². The predicted octanol–water partition coefficient (Wildman–Crippen LogP) is 2.74. The average Bonchev–Trinajstić information content (AvgIpc) is 3.19. The Morgan fingerprint density at radius 1 is 1.27 bits per heavy atom. The molecule has 2 aromatic rings. The van der Waals surface area contributed by atoms with Crippen LogP contribution in [0, 0.1) is 5.92 Å². The number of hydrogen-bond donors (Lipinski definition) is 1. The summed E-state index contributed by atoms with van der Waals surface area (Å²) in [6, 6.07) is 5.78. The first-order chi connectivity index (χ1) is 12.6. The summed E-state index contributed by atoms with van der Waals surface area (Å²) in [5.41, 5.74) is 6.27. The van der Waals surface area contributed by atoms with Gasteiger partial charge in [0.2, 0.25) is 5.91 Å². The summed E-state index contributed by atoms with van der Waals surface area (Å²) in [6.07, 6.45) is 7.01. The second-order valence-electron chi connectivity index (χ2n) is 7.27. The maximum atomic E-state index is 13.0. The zero-order valence-corrected chi connectivity index (χ0v) is 15.6. The minimum atomic E-state index is -0.393. The van der Waals surface area contributed by atoms with Crippen molar-refractivity contribution >= 4 is 22.9 Å². The number of thiophene rings is 1. The van der Waals surface area contributed by atoms with Crippen LogP contribution in [0.25, 0.3) is 10.6 Å². The van der Waals surface area contributed by atoms with Crippen LogP contribution in [-0.4, -0.2) is 33.2 Å². The van der Waals surface area contributed by atoms with Crippen molar-refractivity contribution < 1.29 is 4.79 Å². The summed E-state index contributed by atoms with van der Waals surface area (Å²) in [7, 11) is 0. The van der Waals surface area contributed by atoms with Crippen LogP contribution >= 0.6 is 11.3 Å². The summed E-state index contributed by atoms with van der Waals surface area (Å²) < 4.78 is 1.24. The Morgan fingerprint density at radius 2 is 2.08 bits per heavy atom. The molecule has 0 radical (unpaired) electrons. The number of nitrogens with zero attached hydrogens (tertiary/aromatic N) is 3. The van der Waals surface area contributed by atoms with E-state index in [1.54, 1.807) is 6.07 Å². The van der Waals surface area contributed by atoms with E-state index >= 15 is 0 Å². The average molecular weight is 372 g/mol. The number of likely N-dealkylation sites (tertiary alicyclic amines) is 1. The van der Waals surface area contributed by atoms with Crippen molar-refractivity contribution in [2.75, 3.05) is 12.3 Å². The SMILES string of the molecule is Nc1cc(-c2cccs2)nn(CC(=O)N2CCCC3CCCCC32)c1=O. The molecule has 0 spiro atoms. The molecular formula is C19H24N4O2S. The molecule has 0 aromatic carbocycles. The van der Waals surface area contributed by atoms with Gasteiger partial charge in [0.25, 0.3) is 5.56 Å². The number of hydrogen-bond acceptors (Lipinski definition) is 5. The third-order valence-corrected chi connectivity index (χ3v) is 6.52. The first-order valence-corrected chi connectivity index (χ1v) is 10.2. The lowest BCUT2D eigenvalue weighted by Gasteiger charge is -2.44. The largest absolute Gasteiger partial charge is 0.394 e. The molecule has 6 nitrogen and oxygen atoms in total. The molecule has 2 aliphatic rings. The zero-order chi connectivity index (χ0) is 18.1. The van der Waals surface area contributed by atoms with E-state index in [9.17, 15) is 9.59 Å². The number of amides is 1. The Bertz CT molecular complexity index is 844. The normalized spacial score (nSPS) is 22.8. The van der Waals surface area contributed by atoms with Crippen molar-refractivity contribution in [2.45, 2.75) is 51.1 Å². The van der Waals surface area contributed by atoms with Crippen molar-refractivity contribution in [1.82, 2.24) is 14.7 Å². The fraction of sp³-hybridized carbons (Fsp3) is 0.526. The Hall–Kier alpha value is -2.15. The number of piperidine rings is 1. The fourth-order valence-corrected chi connectivity index (χ4v) is 5.05. The minimum Gasteiger partial charge on any atom is -0.394 e. The van der Waals surface area contributed by atoms with Crippen molar-refractivity contribution in [1.29, 1.82) is 0 Å². The van der Waals surface area contributed by atoms with E-state index in [-0.39, 0.29) is 18.1 Å². The summed E-state index contributed by atoms with van der Waals surface area (Å²) in [5, 5.41) is 6.35. The molecule has 2 atom stereocenters. The van der Waals surface area contributed by atoms with E-state index in [1.165, 1.54) is 41.7 Å². The lowest BCUT2D eigenvalue weighted by molar-refractivity contribution is -0.138. The van der Waals surface area contributed by atoms with Gasteiger partial charge in [-0.05, 0) is 49.1 Å². The van der Waals surface area contributed by atoms with Crippen LogP contribution in [0.2, 0.25) is 0 Å². The van der Waals surface area contributed by atoms with Gasteiger partial charge in [-0.15, -0.1) is 11.3 Å². The van der Waals surface area contributed by atoms with Crippen LogP contribution in [0.15, 0.2) is 28.4 Å². The molecule has 1 amide bonds. The van der Waals surface area contributed by atoms with Gasteiger partial charge in [-0.2, -0.15) is 5.10 Å². The number of fused-ring (bicyclic) bond motifs is 1. The van der Waals surface area contributed by atoms with Gasteiger partial charge in [-0.1, -0.05) is 18.9 Å². The van der Waals surface area contributed by atoms with Crippen LogP contribution in [0.4, 0.5) is 5.69 Å². The molecule has 26 heavy (non-hydrogen) atoms. The topological polar surface area (TPSA) is 81.2 Å². The zero-order valence-electron chi connectivity index (χ0n) is 14.8. The van der Waals surface area contributed by atoms with E-state index in [4.69, 9.17) is 5.73 Å². The minimum absolute atomic E-state index is 0.0149. The van der Waals surface area contributed by atoms with E-state index in [0.29, 0.717) is 17.7 Å². The van der Waals surface area contributed by atoms with Crippen molar-refractivity contribution in [2.24, 2.45) is 5.92 Å². The monoisotopic (exact) mass is 372 g/mol. The second kappa shape index (κ2) is 7.23. The molecule has 2 aromatic heterocycles. The highest BCUT2D eigenvalue weighted by Gasteiger charge is 2.35. The highest BCUT2D eigenvalue weighted by molar-refractivity contribution is 7.13. The first-order valence-electron chi connectivity index (χ1n) is 9.34. The number of nitrogen functional groups attached to an aromatic ring is 1. The van der Waals surface area contributed by atoms with Crippen molar-refractivity contribution in [3.05, 3.63) is 33.9 Å². The maximum absolute atomic E-state index is 13.0. The third-order valence-electron chi connectivity index (χ3n) is 5.62. The molecule has 2 unspecified atom stereocenters. The van der Waals surface area contributed by atoms with E-state index in [1.807, 2.05) is 22.4 Å². The van der Waals surface area contributed by atoms with Gasteiger partial charge >= 0.3 is 0 Å². The van der Waals surface area contributed by atoms with Crippen molar-refractivity contribution in [3.63, 3.8) is 0 Å². The smallest absolute Gasteiger partial charge is 0.290 e. The molecule has 7 heteroatoms. The Kier molecular flexibility index (Phi) is 4.80. The summed E-state index contributed by atoms with van der Waals surface area (Å²) in [5.74, 6) is 0.604. The van der Waals surface area contributed by atoms with Crippen LogP contribution in [0.5, 0.6) is 0 Å². The Balaban J connectivity index is 1.58. The molecule has 4 rings (SSSR count). The first kappa shape index (κ1) is 17.3. The number of nitrogens with two attached hydrogens (primary N) is 1.